The van der Waals surface area contributed by atoms with E-state index in [1.54, 1.807) is 36.5 Å². The fourth-order valence-electron chi connectivity index (χ4n) is 1.67. The number of aromatic nitrogens is 1. The summed E-state index contributed by atoms with van der Waals surface area (Å²) in [5.41, 5.74) is 13.3. The number of nitrogens with two attached hydrogens (primary N) is 2. The second-order valence-corrected chi connectivity index (χ2v) is 4.88. The van der Waals surface area contributed by atoms with Crippen molar-refractivity contribution in [1.29, 1.82) is 0 Å². The summed E-state index contributed by atoms with van der Waals surface area (Å²) < 4.78 is 0.792. The van der Waals surface area contributed by atoms with Gasteiger partial charge in [-0.05, 0) is 35.9 Å². The molecule has 0 fully saturated rings. The van der Waals surface area contributed by atoms with E-state index < -0.39 is 0 Å². The van der Waals surface area contributed by atoms with Crippen molar-refractivity contribution < 1.29 is 4.79 Å². The molecule has 0 saturated carbocycles. The number of nitrogen functional groups attached to an aromatic ring is 2. The first kappa shape index (κ1) is 12.6. The van der Waals surface area contributed by atoms with Crippen LogP contribution in [0.4, 0.5) is 11.5 Å². The number of carbonyl (C=O) groups excluding carboxylic acids is 1. The number of Topliss-reactive ketones (excluding diaryl/α,β-unsaturated/α-hetero) is 1. The van der Waals surface area contributed by atoms with Crippen LogP contribution in [0.5, 0.6) is 0 Å². The van der Waals surface area contributed by atoms with Gasteiger partial charge >= 0.3 is 0 Å². The van der Waals surface area contributed by atoms with Gasteiger partial charge in [0.15, 0.2) is 5.78 Å². The lowest BCUT2D eigenvalue weighted by Crippen LogP contribution is -2.05. The molecule has 0 aliphatic heterocycles. The fourth-order valence-corrected chi connectivity index (χ4v) is 2.18. The molecule has 0 spiro atoms. The predicted octanol–water partition coefficient (Wildman–Crippen LogP) is 2.43. The number of hydrogen-bond donors (Lipinski definition) is 2. The maximum absolute atomic E-state index is 12.1. The van der Waals surface area contributed by atoms with E-state index in [1.165, 1.54) is 0 Å². The van der Waals surface area contributed by atoms with Crippen LogP contribution in [0.1, 0.15) is 15.9 Å². The monoisotopic (exact) mass is 305 g/mol. The average Bonchev–Trinajstić information content (AvgIpc) is 2.27. The molecule has 92 valence electrons. The molecule has 1 heterocycles. The lowest BCUT2D eigenvalue weighted by Gasteiger charge is -2.04. The van der Waals surface area contributed by atoms with Gasteiger partial charge in [-0.2, -0.15) is 0 Å². The number of benzene rings is 1. The first-order valence-corrected chi connectivity index (χ1v) is 6.13. The summed E-state index contributed by atoms with van der Waals surface area (Å²) in [7, 11) is 0. The summed E-state index contributed by atoms with van der Waals surface area (Å²) in [4.78, 5) is 16.0. The van der Waals surface area contributed by atoms with E-state index in [0.29, 0.717) is 17.1 Å². The van der Waals surface area contributed by atoms with Gasteiger partial charge in [0.2, 0.25) is 0 Å². The van der Waals surface area contributed by atoms with Crippen LogP contribution in [0.2, 0.25) is 0 Å². The Kier molecular flexibility index (Phi) is 3.62. The lowest BCUT2D eigenvalue weighted by molar-refractivity contribution is 0.0993. The van der Waals surface area contributed by atoms with Gasteiger partial charge in [0.25, 0.3) is 0 Å². The molecule has 4 N–H and O–H groups in total. The molecule has 18 heavy (non-hydrogen) atoms. The molecule has 2 aromatic rings. The maximum Gasteiger partial charge on any atom is 0.167 e. The van der Waals surface area contributed by atoms with E-state index in [1.807, 2.05) is 0 Å². The van der Waals surface area contributed by atoms with Gasteiger partial charge in [-0.1, -0.05) is 15.9 Å². The highest BCUT2D eigenvalue weighted by atomic mass is 79.9. The van der Waals surface area contributed by atoms with E-state index in [9.17, 15) is 4.79 Å². The number of nitrogens with zero attached hydrogens (tertiary/aromatic N) is 1. The summed E-state index contributed by atoms with van der Waals surface area (Å²) in [6, 6.07) is 8.64. The zero-order valence-electron chi connectivity index (χ0n) is 9.56. The normalized spacial score (nSPS) is 10.3. The molecule has 0 unspecified atom stereocenters. The Morgan fingerprint density at radius 1 is 1.22 bits per heavy atom. The Hall–Kier alpha value is -1.88. The minimum Gasteiger partial charge on any atom is -0.399 e. The van der Waals surface area contributed by atoms with E-state index >= 15 is 0 Å². The standard InChI is InChI=1S/C13H12BrN3O/c14-10-5-9(6-11(15)7-10)12(18)3-8-1-2-17-13(16)4-8/h1-2,4-7H,3,15H2,(H2,16,17). The van der Waals surface area contributed by atoms with Crippen LogP contribution in [0.3, 0.4) is 0 Å². The molecule has 0 amide bonds. The van der Waals surface area contributed by atoms with Crippen LogP contribution in [0, 0.1) is 0 Å². The Bertz CT molecular complexity index is 578. The molecular formula is C13H12BrN3O. The summed E-state index contributed by atoms with van der Waals surface area (Å²) in [5.74, 6) is 0.405. The number of halogens is 1. The smallest absolute Gasteiger partial charge is 0.167 e. The third kappa shape index (κ3) is 3.07. The van der Waals surface area contributed by atoms with E-state index in [2.05, 4.69) is 20.9 Å². The van der Waals surface area contributed by atoms with Gasteiger partial charge in [-0.25, -0.2) is 4.98 Å². The number of anilines is 2. The van der Waals surface area contributed by atoms with Crippen LogP contribution < -0.4 is 11.5 Å². The molecule has 1 aromatic carbocycles. The SMILES string of the molecule is Nc1cc(Br)cc(C(=O)Cc2ccnc(N)c2)c1. The van der Waals surface area contributed by atoms with Crippen LogP contribution in [-0.2, 0) is 6.42 Å². The molecule has 5 heteroatoms. The van der Waals surface area contributed by atoms with Gasteiger partial charge in [0.05, 0.1) is 0 Å². The second-order valence-electron chi connectivity index (χ2n) is 3.96. The fraction of sp³-hybridized carbons (Fsp3) is 0.0769. The highest BCUT2D eigenvalue weighted by Gasteiger charge is 2.09. The minimum atomic E-state index is -0.00593. The summed E-state index contributed by atoms with van der Waals surface area (Å²) in [6.07, 6.45) is 1.87. The van der Waals surface area contributed by atoms with E-state index in [0.717, 1.165) is 10.0 Å². The number of pyridine rings is 1. The number of hydrogen-bond acceptors (Lipinski definition) is 4. The minimum absolute atomic E-state index is 0.00593. The Labute approximate surface area is 113 Å². The Morgan fingerprint density at radius 3 is 2.67 bits per heavy atom. The quantitative estimate of drug-likeness (QED) is 0.674. The van der Waals surface area contributed by atoms with Crippen LogP contribution in [-0.4, -0.2) is 10.8 Å². The van der Waals surface area contributed by atoms with Crippen molar-refractivity contribution in [3.8, 4) is 0 Å². The molecule has 0 atom stereocenters. The van der Waals surface area contributed by atoms with Gasteiger partial charge < -0.3 is 11.5 Å². The molecule has 2 rings (SSSR count). The predicted molar refractivity (Wildman–Crippen MR) is 75.2 cm³/mol. The van der Waals surface area contributed by atoms with Gasteiger partial charge in [0.1, 0.15) is 5.82 Å². The maximum atomic E-state index is 12.1. The number of carbonyl (C=O) groups is 1. The second kappa shape index (κ2) is 5.18. The summed E-state index contributed by atoms with van der Waals surface area (Å²) >= 11 is 3.32. The highest BCUT2D eigenvalue weighted by Crippen LogP contribution is 2.19. The molecular weight excluding hydrogens is 294 g/mol. The zero-order chi connectivity index (χ0) is 13.1. The van der Waals surface area contributed by atoms with Crippen molar-refractivity contribution in [2.45, 2.75) is 6.42 Å². The molecule has 0 radical (unpaired) electrons. The zero-order valence-corrected chi connectivity index (χ0v) is 11.1. The lowest BCUT2D eigenvalue weighted by atomic mass is 10.0. The van der Waals surface area contributed by atoms with Crippen LogP contribution in [0.25, 0.3) is 0 Å². The van der Waals surface area contributed by atoms with Gasteiger partial charge in [-0.3, -0.25) is 4.79 Å². The van der Waals surface area contributed by atoms with Crippen LogP contribution >= 0.6 is 15.9 Å². The third-order valence-corrected chi connectivity index (χ3v) is 2.91. The van der Waals surface area contributed by atoms with Crippen molar-refractivity contribution in [2.75, 3.05) is 11.5 Å². The van der Waals surface area contributed by atoms with Gasteiger partial charge in [0, 0.05) is 28.3 Å². The number of ketones is 1. The van der Waals surface area contributed by atoms with Crippen LogP contribution in [0.15, 0.2) is 41.0 Å². The number of rotatable bonds is 3. The molecule has 0 aliphatic carbocycles. The Balaban J connectivity index is 2.22. The van der Waals surface area contributed by atoms with Crippen molar-refractivity contribution in [3.63, 3.8) is 0 Å². The molecule has 0 aliphatic rings. The first-order valence-electron chi connectivity index (χ1n) is 5.34. The molecule has 1 aromatic heterocycles. The third-order valence-electron chi connectivity index (χ3n) is 2.45. The summed E-state index contributed by atoms with van der Waals surface area (Å²) in [5, 5.41) is 0. The molecule has 0 saturated heterocycles. The largest absolute Gasteiger partial charge is 0.399 e. The highest BCUT2D eigenvalue weighted by molar-refractivity contribution is 9.10. The van der Waals surface area contributed by atoms with Gasteiger partial charge in [-0.15, -0.1) is 0 Å². The summed E-state index contributed by atoms with van der Waals surface area (Å²) in [6.45, 7) is 0. The van der Waals surface area contributed by atoms with E-state index in [-0.39, 0.29) is 12.2 Å². The van der Waals surface area contributed by atoms with Crippen molar-refractivity contribution in [2.24, 2.45) is 0 Å². The van der Waals surface area contributed by atoms with E-state index in [4.69, 9.17) is 11.5 Å². The topological polar surface area (TPSA) is 82.0 Å². The molecule has 4 nitrogen and oxygen atoms in total. The Morgan fingerprint density at radius 2 is 2.00 bits per heavy atom. The van der Waals surface area contributed by atoms with Crippen molar-refractivity contribution in [3.05, 3.63) is 52.1 Å². The van der Waals surface area contributed by atoms with Crippen molar-refractivity contribution >= 4 is 33.2 Å². The molecule has 0 bridgehead atoms. The average molecular weight is 306 g/mol. The van der Waals surface area contributed by atoms with Crippen molar-refractivity contribution in [1.82, 2.24) is 4.98 Å². The first-order chi connectivity index (χ1) is 8.54.